The molecule has 30 heavy (non-hydrogen) atoms. The van der Waals surface area contributed by atoms with Crippen LogP contribution in [0.5, 0.6) is 5.75 Å². The molecule has 3 N–H and O–H groups in total. The second-order valence-electron chi connectivity index (χ2n) is 5.84. The van der Waals surface area contributed by atoms with Crippen LogP contribution in [0.25, 0.3) is 0 Å². The van der Waals surface area contributed by atoms with Crippen LogP contribution in [0.1, 0.15) is 16.1 Å². The summed E-state index contributed by atoms with van der Waals surface area (Å²) in [6, 6.07) is 6.18. The van der Waals surface area contributed by atoms with Crippen LogP contribution in [-0.4, -0.2) is 52.3 Å². The summed E-state index contributed by atoms with van der Waals surface area (Å²) < 4.78 is 5.02. The van der Waals surface area contributed by atoms with Gasteiger partial charge in [-0.15, -0.1) is 11.3 Å². The molecule has 0 fully saturated rings. The molecule has 2 aromatic rings. The first-order chi connectivity index (χ1) is 14.4. The Labute approximate surface area is 179 Å². The Kier molecular flexibility index (Phi) is 6.69. The molecule has 154 valence electrons. The fourth-order valence-electron chi connectivity index (χ4n) is 2.22. The van der Waals surface area contributed by atoms with Crippen LogP contribution in [0.3, 0.4) is 0 Å². The number of ether oxygens (including phenoxy) is 1. The van der Waals surface area contributed by atoms with Gasteiger partial charge in [-0.05, 0) is 31.2 Å². The second-order valence-corrected chi connectivity index (χ2v) is 7.67. The highest BCUT2D eigenvalue weighted by atomic mass is 32.2. The number of anilines is 1. The molecule has 0 atom stereocenters. The van der Waals surface area contributed by atoms with Gasteiger partial charge in [-0.2, -0.15) is 4.99 Å². The van der Waals surface area contributed by atoms with Crippen molar-refractivity contribution >= 4 is 62.7 Å². The average Bonchev–Trinajstić information content (AvgIpc) is 3.13. The number of rotatable bonds is 5. The standard InChI is InChI=1S/C18H16N6O4S2/c1-9-7-29-17(20-9)21-12(25)8-30-18-23-14(19)13(16(27)24-18)22-15(26)10-3-5-11(28-2)6-4-10/h3-7H,8H2,1-2H3,(H,20,21,25)(H2,19,23,24,27). The molecule has 0 aliphatic carbocycles. The molecule has 10 nitrogen and oxygen atoms in total. The van der Waals surface area contributed by atoms with E-state index in [1.165, 1.54) is 30.6 Å². The topological polar surface area (TPSA) is 146 Å². The van der Waals surface area contributed by atoms with Crippen molar-refractivity contribution in [3.05, 3.63) is 40.9 Å². The SMILES string of the molecule is COc1ccc(C(=O)N=C2C(=N)N=C(SCC(=O)Nc3nc(C)cs3)NC2=O)cc1. The number of thiazole rings is 1. The number of amides is 3. The van der Waals surface area contributed by atoms with Crippen molar-refractivity contribution in [1.82, 2.24) is 10.3 Å². The number of nitrogens with one attached hydrogen (secondary N) is 3. The number of hydrogen-bond acceptors (Lipinski definition) is 8. The smallest absolute Gasteiger partial charge is 0.279 e. The molecule has 0 bridgehead atoms. The van der Waals surface area contributed by atoms with E-state index in [2.05, 4.69) is 25.6 Å². The summed E-state index contributed by atoms with van der Waals surface area (Å²) in [5, 5.41) is 15.4. The number of hydrogen-bond donors (Lipinski definition) is 3. The maximum Gasteiger partial charge on any atom is 0.279 e. The number of nitrogens with zero attached hydrogens (tertiary/aromatic N) is 3. The molecule has 0 spiro atoms. The summed E-state index contributed by atoms with van der Waals surface area (Å²) in [5.74, 6) is -1.68. The number of amidine groups is 2. The van der Waals surface area contributed by atoms with Crippen LogP contribution in [0.4, 0.5) is 5.13 Å². The summed E-state index contributed by atoms with van der Waals surface area (Å²) in [6.07, 6.45) is 0. The maximum atomic E-state index is 12.3. The van der Waals surface area contributed by atoms with Crippen LogP contribution in [-0.2, 0) is 9.59 Å². The number of methoxy groups -OCH3 is 1. The van der Waals surface area contributed by atoms with E-state index in [-0.39, 0.29) is 22.4 Å². The minimum Gasteiger partial charge on any atom is -0.497 e. The van der Waals surface area contributed by atoms with E-state index in [4.69, 9.17) is 10.1 Å². The van der Waals surface area contributed by atoms with Crippen molar-refractivity contribution in [1.29, 1.82) is 5.41 Å². The number of aromatic nitrogens is 1. The lowest BCUT2D eigenvalue weighted by atomic mass is 10.2. The molecule has 0 saturated heterocycles. The molecule has 1 aromatic carbocycles. The third-order valence-corrected chi connectivity index (χ3v) is 5.38. The lowest BCUT2D eigenvalue weighted by Gasteiger charge is -2.14. The van der Waals surface area contributed by atoms with Crippen molar-refractivity contribution < 1.29 is 19.1 Å². The van der Waals surface area contributed by atoms with Crippen molar-refractivity contribution in [2.24, 2.45) is 9.98 Å². The molecule has 1 aliphatic rings. The summed E-state index contributed by atoms with van der Waals surface area (Å²) in [4.78, 5) is 48.2. The Balaban J connectivity index is 1.62. The van der Waals surface area contributed by atoms with Gasteiger partial charge in [0.2, 0.25) is 5.91 Å². The van der Waals surface area contributed by atoms with Crippen LogP contribution >= 0.6 is 23.1 Å². The van der Waals surface area contributed by atoms with Crippen LogP contribution in [0.2, 0.25) is 0 Å². The third kappa shape index (κ3) is 5.36. The molecule has 1 aromatic heterocycles. The Morgan fingerprint density at radius 1 is 1.33 bits per heavy atom. The van der Waals surface area contributed by atoms with Crippen LogP contribution in [0.15, 0.2) is 39.6 Å². The van der Waals surface area contributed by atoms with Gasteiger partial charge in [0.25, 0.3) is 11.8 Å². The predicted octanol–water partition coefficient (Wildman–Crippen LogP) is 1.88. The Morgan fingerprint density at radius 3 is 2.67 bits per heavy atom. The molecular weight excluding hydrogens is 428 g/mol. The normalized spacial score (nSPS) is 14.9. The van der Waals surface area contributed by atoms with Gasteiger partial charge >= 0.3 is 0 Å². The molecule has 1 aliphatic heterocycles. The van der Waals surface area contributed by atoms with Crippen LogP contribution in [0, 0.1) is 12.3 Å². The Morgan fingerprint density at radius 2 is 2.07 bits per heavy atom. The van der Waals surface area contributed by atoms with Gasteiger partial charge in [0.15, 0.2) is 21.8 Å². The van der Waals surface area contributed by atoms with Crippen molar-refractivity contribution in [2.45, 2.75) is 6.92 Å². The number of aliphatic imine (C=N–C) groups is 2. The highest BCUT2D eigenvalue weighted by molar-refractivity contribution is 8.14. The lowest BCUT2D eigenvalue weighted by molar-refractivity contribution is -0.114. The molecule has 2 heterocycles. The maximum absolute atomic E-state index is 12.3. The van der Waals surface area contributed by atoms with Gasteiger partial charge in [0.05, 0.1) is 18.6 Å². The molecule has 3 rings (SSSR count). The van der Waals surface area contributed by atoms with Gasteiger partial charge in [-0.25, -0.2) is 9.98 Å². The zero-order valence-electron chi connectivity index (χ0n) is 15.9. The average molecular weight is 444 g/mol. The zero-order chi connectivity index (χ0) is 21.7. The largest absolute Gasteiger partial charge is 0.497 e. The minimum atomic E-state index is -0.740. The number of carbonyl (C=O) groups is 3. The van der Waals surface area contributed by atoms with E-state index in [0.717, 1.165) is 17.5 Å². The van der Waals surface area contributed by atoms with E-state index in [1.807, 2.05) is 12.3 Å². The molecular formula is C18H16N6O4S2. The van der Waals surface area contributed by atoms with Gasteiger partial charge in [-0.3, -0.25) is 25.1 Å². The molecule has 0 unspecified atom stereocenters. The third-order valence-electron chi connectivity index (χ3n) is 3.63. The first kappa shape index (κ1) is 21.3. The molecule has 3 amide bonds. The first-order valence-corrected chi connectivity index (χ1v) is 10.3. The first-order valence-electron chi connectivity index (χ1n) is 8.46. The van der Waals surface area contributed by atoms with Gasteiger partial charge in [-0.1, -0.05) is 11.8 Å². The molecule has 0 radical (unpaired) electrons. The summed E-state index contributed by atoms with van der Waals surface area (Å²) in [6.45, 7) is 1.82. The summed E-state index contributed by atoms with van der Waals surface area (Å²) >= 11 is 2.25. The van der Waals surface area contributed by atoms with Crippen molar-refractivity contribution in [2.75, 3.05) is 18.2 Å². The van der Waals surface area contributed by atoms with Crippen molar-refractivity contribution in [3.8, 4) is 5.75 Å². The highest BCUT2D eigenvalue weighted by Crippen LogP contribution is 2.16. The van der Waals surface area contributed by atoms with Crippen molar-refractivity contribution in [3.63, 3.8) is 0 Å². The van der Waals surface area contributed by atoms with E-state index < -0.39 is 23.4 Å². The quantitative estimate of drug-likeness (QED) is 0.642. The number of aryl methyl sites for hydroxylation is 1. The van der Waals surface area contributed by atoms with E-state index in [1.54, 1.807) is 12.1 Å². The minimum absolute atomic E-state index is 0.0394. The van der Waals surface area contributed by atoms with E-state index in [0.29, 0.717) is 10.9 Å². The molecule has 0 saturated carbocycles. The van der Waals surface area contributed by atoms with Gasteiger partial charge < -0.3 is 10.1 Å². The van der Waals surface area contributed by atoms with Crippen LogP contribution < -0.4 is 15.4 Å². The number of thioether (sulfide) groups is 1. The number of carbonyl (C=O) groups excluding carboxylic acids is 3. The second kappa shape index (κ2) is 9.41. The summed E-state index contributed by atoms with van der Waals surface area (Å²) in [7, 11) is 1.50. The van der Waals surface area contributed by atoms with Gasteiger partial charge in [0.1, 0.15) is 5.75 Å². The van der Waals surface area contributed by atoms with Gasteiger partial charge in [0, 0.05) is 10.9 Å². The lowest BCUT2D eigenvalue weighted by Crippen LogP contribution is -2.43. The Hall–Kier alpha value is -3.38. The number of benzene rings is 1. The zero-order valence-corrected chi connectivity index (χ0v) is 17.5. The predicted molar refractivity (Wildman–Crippen MR) is 116 cm³/mol. The fraction of sp³-hybridized carbons (Fsp3) is 0.167. The van der Waals surface area contributed by atoms with E-state index in [9.17, 15) is 14.4 Å². The Bertz CT molecular complexity index is 1070. The fourth-order valence-corrected chi connectivity index (χ4v) is 3.58. The molecule has 12 heteroatoms. The summed E-state index contributed by atoms with van der Waals surface area (Å²) in [5.41, 5.74) is 0.640. The van der Waals surface area contributed by atoms with E-state index >= 15 is 0 Å². The monoisotopic (exact) mass is 444 g/mol. The highest BCUT2D eigenvalue weighted by Gasteiger charge is 2.26.